The Morgan fingerprint density at radius 3 is 2.68 bits per heavy atom. The molecule has 0 N–H and O–H groups in total. The maximum Gasteiger partial charge on any atom is 0.138 e. The van der Waals surface area contributed by atoms with E-state index < -0.39 is 0 Å². The van der Waals surface area contributed by atoms with Crippen LogP contribution in [0.15, 0.2) is 0 Å². The molecule has 1 heterocycles. The Kier molecular flexibility index (Phi) is 6.52. The Morgan fingerprint density at radius 2 is 2.16 bits per heavy atom. The third-order valence-electron chi connectivity index (χ3n) is 3.29. The number of carbonyl (C=O) groups excluding carboxylic acids is 1. The van der Waals surface area contributed by atoms with E-state index in [0.717, 1.165) is 30.8 Å². The monoisotopic (exact) mass is 286 g/mol. The molecule has 108 valence electrons. The van der Waals surface area contributed by atoms with Gasteiger partial charge in [0.1, 0.15) is 5.78 Å². The van der Waals surface area contributed by atoms with Crippen LogP contribution in [0.25, 0.3) is 0 Å². The maximum absolute atomic E-state index is 12.0. The van der Waals surface area contributed by atoms with Gasteiger partial charge in [-0.15, -0.1) is 0 Å². The van der Waals surface area contributed by atoms with Crippen molar-refractivity contribution in [3.63, 3.8) is 0 Å². The lowest BCUT2D eigenvalue weighted by Crippen LogP contribution is -2.13. The molecule has 4 nitrogen and oxygen atoms in total. The van der Waals surface area contributed by atoms with Gasteiger partial charge in [-0.1, -0.05) is 18.5 Å². The molecule has 1 rings (SSSR count). The van der Waals surface area contributed by atoms with E-state index in [4.69, 9.17) is 16.3 Å². The number of halogens is 1. The minimum absolute atomic E-state index is 0.113. The summed E-state index contributed by atoms with van der Waals surface area (Å²) < 4.78 is 6.98. The minimum atomic E-state index is 0.113. The predicted octanol–water partition coefficient (Wildman–Crippen LogP) is 3.05. The standard InChI is InChI=1S/C14H23ClN2O2/c1-5-12-14(15)13(17(6-2)16-12)9-11(18)8-7-10(3)19-4/h10H,5-9H2,1-4H3. The van der Waals surface area contributed by atoms with E-state index in [1.54, 1.807) is 7.11 Å². The summed E-state index contributed by atoms with van der Waals surface area (Å²) in [7, 11) is 1.66. The third-order valence-corrected chi connectivity index (χ3v) is 3.73. The maximum atomic E-state index is 12.0. The molecule has 1 aromatic heterocycles. The van der Waals surface area contributed by atoms with Gasteiger partial charge in [0.05, 0.1) is 22.5 Å². The molecule has 5 heteroatoms. The third kappa shape index (κ3) is 4.32. The lowest BCUT2D eigenvalue weighted by Gasteiger charge is -2.09. The molecule has 0 saturated heterocycles. The van der Waals surface area contributed by atoms with Crippen molar-refractivity contribution in [1.29, 1.82) is 0 Å². The first-order chi connectivity index (χ1) is 9.03. The molecule has 0 aliphatic heterocycles. The number of aromatic nitrogens is 2. The van der Waals surface area contributed by atoms with Crippen molar-refractivity contribution < 1.29 is 9.53 Å². The first kappa shape index (κ1) is 16.2. The molecule has 1 atom stereocenters. The van der Waals surface area contributed by atoms with Crippen LogP contribution < -0.4 is 0 Å². The highest BCUT2D eigenvalue weighted by molar-refractivity contribution is 6.32. The Morgan fingerprint density at radius 1 is 1.47 bits per heavy atom. The number of Topliss-reactive ketones (excluding diaryl/α,β-unsaturated/α-hetero) is 1. The molecule has 0 saturated carbocycles. The molecule has 0 aliphatic rings. The number of rotatable bonds is 8. The van der Waals surface area contributed by atoms with Gasteiger partial charge in [0.25, 0.3) is 0 Å². The van der Waals surface area contributed by atoms with Gasteiger partial charge in [-0.25, -0.2) is 0 Å². The number of ether oxygens (including phenoxy) is 1. The van der Waals surface area contributed by atoms with E-state index in [0.29, 0.717) is 17.9 Å². The van der Waals surface area contributed by atoms with Crippen molar-refractivity contribution in [3.05, 3.63) is 16.4 Å². The second kappa shape index (κ2) is 7.65. The van der Waals surface area contributed by atoms with Crippen molar-refractivity contribution in [1.82, 2.24) is 9.78 Å². The molecule has 1 aromatic rings. The molecule has 0 aromatic carbocycles. The fourth-order valence-corrected chi connectivity index (χ4v) is 2.28. The zero-order chi connectivity index (χ0) is 14.4. The summed E-state index contributed by atoms with van der Waals surface area (Å²) in [5.41, 5.74) is 1.72. The highest BCUT2D eigenvalue weighted by Gasteiger charge is 2.17. The van der Waals surface area contributed by atoms with E-state index in [2.05, 4.69) is 5.10 Å². The predicted molar refractivity (Wildman–Crippen MR) is 76.7 cm³/mol. The zero-order valence-electron chi connectivity index (χ0n) is 12.2. The molecule has 0 aliphatic carbocycles. The molecular formula is C14H23ClN2O2. The van der Waals surface area contributed by atoms with Crippen LogP contribution in [0.3, 0.4) is 0 Å². The van der Waals surface area contributed by atoms with Crippen LogP contribution in [-0.2, 0) is 28.9 Å². The van der Waals surface area contributed by atoms with Gasteiger partial charge < -0.3 is 4.74 Å². The van der Waals surface area contributed by atoms with Gasteiger partial charge in [-0.2, -0.15) is 5.10 Å². The van der Waals surface area contributed by atoms with E-state index in [-0.39, 0.29) is 11.9 Å². The van der Waals surface area contributed by atoms with Gasteiger partial charge in [-0.05, 0) is 26.7 Å². The van der Waals surface area contributed by atoms with Gasteiger partial charge in [0.15, 0.2) is 0 Å². The van der Waals surface area contributed by atoms with Crippen LogP contribution in [0, 0.1) is 0 Å². The topological polar surface area (TPSA) is 44.1 Å². The average molecular weight is 287 g/mol. The summed E-state index contributed by atoms with van der Waals surface area (Å²) in [4.78, 5) is 12.0. The summed E-state index contributed by atoms with van der Waals surface area (Å²) in [5.74, 6) is 0.183. The first-order valence-corrected chi connectivity index (χ1v) is 7.19. The summed E-state index contributed by atoms with van der Waals surface area (Å²) in [6.45, 7) is 6.71. The Bertz CT molecular complexity index is 429. The molecule has 0 spiro atoms. The fraction of sp³-hybridized carbons (Fsp3) is 0.714. The zero-order valence-corrected chi connectivity index (χ0v) is 13.0. The molecular weight excluding hydrogens is 264 g/mol. The molecule has 1 unspecified atom stereocenters. The van der Waals surface area contributed by atoms with E-state index >= 15 is 0 Å². The number of methoxy groups -OCH3 is 1. The van der Waals surface area contributed by atoms with Crippen molar-refractivity contribution in [3.8, 4) is 0 Å². The molecule has 0 fully saturated rings. The van der Waals surface area contributed by atoms with Gasteiger partial charge >= 0.3 is 0 Å². The number of ketones is 1. The molecule has 0 bridgehead atoms. The van der Waals surface area contributed by atoms with Crippen molar-refractivity contribution in [2.45, 2.75) is 59.1 Å². The minimum Gasteiger partial charge on any atom is -0.382 e. The fourth-order valence-electron chi connectivity index (χ4n) is 1.94. The van der Waals surface area contributed by atoms with Crippen LogP contribution in [0.2, 0.25) is 5.02 Å². The lowest BCUT2D eigenvalue weighted by molar-refractivity contribution is -0.119. The van der Waals surface area contributed by atoms with E-state index in [1.807, 2.05) is 25.5 Å². The Balaban J connectivity index is 2.70. The van der Waals surface area contributed by atoms with Crippen LogP contribution >= 0.6 is 11.6 Å². The SMILES string of the molecule is CCc1nn(CC)c(CC(=O)CCC(C)OC)c1Cl. The molecule has 0 radical (unpaired) electrons. The summed E-state index contributed by atoms with van der Waals surface area (Å²) >= 11 is 6.28. The Hall–Kier alpha value is -0.870. The van der Waals surface area contributed by atoms with E-state index in [1.165, 1.54) is 0 Å². The van der Waals surface area contributed by atoms with Crippen LogP contribution in [-0.4, -0.2) is 28.8 Å². The summed E-state index contributed by atoms with van der Waals surface area (Å²) in [6.07, 6.45) is 2.51. The molecule has 19 heavy (non-hydrogen) atoms. The second-order valence-corrected chi connectivity index (χ2v) is 5.06. The second-order valence-electron chi connectivity index (χ2n) is 4.68. The van der Waals surface area contributed by atoms with E-state index in [9.17, 15) is 4.79 Å². The number of aryl methyl sites for hydroxylation is 2. The highest BCUT2D eigenvalue weighted by atomic mass is 35.5. The number of hydrogen-bond donors (Lipinski definition) is 0. The largest absolute Gasteiger partial charge is 0.382 e. The van der Waals surface area contributed by atoms with Gasteiger partial charge in [0, 0.05) is 26.5 Å². The smallest absolute Gasteiger partial charge is 0.138 e. The number of nitrogens with zero attached hydrogens (tertiary/aromatic N) is 2. The van der Waals surface area contributed by atoms with Crippen LogP contribution in [0.5, 0.6) is 0 Å². The lowest BCUT2D eigenvalue weighted by atomic mass is 10.1. The van der Waals surface area contributed by atoms with Gasteiger partial charge in [0.2, 0.25) is 0 Å². The first-order valence-electron chi connectivity index (χ1n) is 6.81. The van der Waals surface area contributed by atoms with Crippen LogP contribution in [0.4, 0.5) is 0 Å². The average Bonchev–Trinajstić information content (AvgIpc) is 2.72. The summed E-state index contributed by atoms with van der Waals surface area (Å²) in [5, 5.41) is 5.07. The van der Waals surface area contributed by atoms with Gasteiger partial charge in [-0.3, -0.25) is 9.48 Å². The molecule has 0 amide bonds. The summed E-state index contributed by atoms with van der Waals surface area (Å²) in [6, 6.07) is 0. The normalized spacial score (nSPS) is 12.7. The number of hydrogen-bond acceptors (Lipinski definition) is 3. The van der Waals surface area contributed by atoms with Crippen molar-refractivity contribution in [2.75, 3.05) is 7.11 Å². The highest BCUT2D eigenvalue weighted by Crippen LogP contribution is 2.22. The number of carbonyl (C=O) groups is 1. The van der Waals surface area contributed by atoms with Crippen molar-refractivity contribution >= 4 is 17.4 Å². The quantitative estimate of drug-likeness (QED) is 0.738. The van der Waals surface area contributed by atoms with Crippen LogP contribution in [0.1, 0.15) is 45.0 Å². The Labute approximate surface area is 120 Å². The van der Waals surface area contributed by atoms with Crippen molar-refractivity contribution in [2.24, 2.45) is 0 Å².